The van der Waals surface area contributed by atoms with Crippen molar-refractivity contribution in [2.24, 2.45) is 16.8 Å². The Hall–Kier alpha value is -1.07. The molecule has 2 aliphatic heterocycles. The average Bonchev–Trinajstić information content (AvgIpc) is 2.64. The molecule has 0 saturated carbocycles. The minimum Gasteiger partial charge on any atom is -0.356 e. The minimum atomic E-state index is -5.23. The summed E-state index contributed by atoms with van der Waals surface area (Å²) in [6.07, 6.45) is 3.31. The third-order valence-electron chi connectivity index (χ3n) is 5.45. The van der Waals surface area contributed by atoms with Crippen molar-refractivity contribution in [3.63, 3.8) is 0 Å². The molecule has 164 valence electrons. The van der Waals surface area contributed by atoms with Crippen LogP contribution in [0.4, 0.5) is 13.2 Å². The first-order valence-corrected chi connectivity index (χ1v) is 11.3. The van der Waals surface area contributed by atoms with Gasteiger partial charge in [0.15, 0.2) is 5.96 Å². The lowest BCUT2D eigenvalue weighted by Crippen LogP contribution is -2.48. The molecule has 2 rings (SSSR count). The van der Waals surface area contributed by atoms with E-state index < -0.39 is 15.5 Å². The second-order valence-corrected chi connectivity index (χ2v) is 9.65. The van der Waals surface area contributed by atoms with E-state index in [4.69, 9.17) is 0 Å². The fourth-order valence-corrected chi connectivity index (χ4v) is 4.77. The van der Waals surface area contributed by atoms with Crippen molar-refractivity contribution in [2.45, 2.75) is 38.1 Å². The number of alkyl halides is 3. The van der Waals surface area contributed by atoms with E-state index in [9.17, 15) is 21.6 Å². The first kappa shape index (κ1) is 23.2. The molecule has 2 N–H and O–H groups in total. The molecule has 0 aliphatic carbocycles. The van der Waals surface area contributed by atoms with Crippen LogP contribution in [0.25, 0.3) is 0 Å². The topological polar surface area (TPSA) is 77.0 Å². The van der Waals surface area contributed by atoms with Gasteiger partial charge in [-0.1, -0.05) is 6.92 Å². The Morgan fingerprint density at radius 1 is 1.14 bits per heavy atom. The standard InChI is InChI=1S/C17H32F3N5O2S/c1-14-4-3-8-24(13-14)11-7-22-16(21-2)23-12-15-5-9-25(10-6-15)28(26,27)17(18,19)20/h14-15H,3-13H2,1-2H3,(H2,21,22,23). The van der Waals surface area contributed by atoms with Gasteiger partial charge in [0.2, 0.25) is 0 Å². The van der Waals surface area contributed by atoms with Gasteiger partial charge in [0.05, 0.1) is 0 Å². The fraction of sp³-hybridized carbons (Fsp3) is 0.941. The summed E-state index contributed by atoms with van der Waals surface area (Å²) in [6.45, 7) is 6.57. The third kappa shape index (κ3) is 6.48. The Labute approximate surface area is 165 Å². The molecule has 1 unspecified atom stereocenters. The van der Waals surface area contributed by atoms with E-state index >= 15 is 0 Å². The Kier molecular flexibility index (Phi) is 8.38. The maximum absolute atomic E-state index is 12.6. The van der Waals surface area contributed by atoms with Crippen molar-refractivity contribution in [1.82, 2.24) is 19.8 Å². The molecule has 7 nitrogen and oxygen atoms in total. The number of likely N-dealkylation sites (tertiary alicyclic amines) is 1. The van der Waals surface area contributed by atoms with Gasteiger partial charge >= 0.3 is 15.5 Å². The van der Waals surface area contributed by atoms with Crippen LogP contribution in [-0.4, -0.2) is 82.0 Å². The largest absolute Gasteiger partial charge is 0.511 e. The van der Waals surface area contributed by atoms with Crippen molar-refractivity contribution in [3.05, 3.63) is 0 Å². The molecule has 0 radical (unpaired) electrons. The number of rotatable bonds is 6. The number of sulfonamides is 1. The van der Waals surface area contributed by atoms with Gasteiger partial charge in [-0.2, -0.15) is 17.5 Å². The van der Waals surface area contributed by atoms with E-state index in [2.05, 4.69) is 27.4 Å². The van der Waals surface area contributed by atoms with Crippen molar-refractivity contribution >= 4 is 16.0 Å². The highest BCUT2D eigenvalue weighted by Gasteiger charge is 2.50. The summed E-state index contributed by atoms with van der Waals surface area (Å²) < 4.78 is 61.3. The second-order valence-electron chi connectivity index (χ2n) is 7.72. The maximum Gasteiger partial charge on any atom is 0.511 e. The van der Waals surface area contributed by atoms with Gasteiger partial charge < -0.3 is 15.5 Å². The summed E-state index contributed by atoms with van der Waals surface area (Å²) in [7, 11) is -3.54. The summed E-state index contributed by atoms with van der Waals surface area (Å²) >= 11 is 0. The van der Waals surface area contributed by atoms with Gasteiger partial charge in [-0.05, 0) is 44.1 Å². The molecule has 0 spiro atoms. The molecule has 0 aromatic heterocycles. The van der Waals surface area contributed by atoms with E-state index in [-0.39, 0.29) is 19.0 Å². The van der Waals surface area contributed by atoms with Crippen molar-refractivity contribution in [3.8, 4) is 0 Å². The Balaban J connectivity index is 1.67. The molecule has 0 aromatic rings. The fourth-order valence-electron chi connectivity index (χ4n) is 3.78. The van der Waals surface area contributed by atoms with Gasteiger partial charge in [-0.3, -0.25) is 4.99 Å². The number of piperidine rings is 2. The van der Waals surface area contributed by atoms with Crippen LogP contribution in [-0.2, 0) is 10.0 Å². The van der Waals surface area contributed by atoms with Crippen LogP contribution < -0.4 is 10.6 Å². The summed E-state index contributed by atoms with van der Waals surface area (Å²) in [4.78, 5) is 6.61. The Morgan fingerprint density at radius 2 is 1.82 bits per heavy atom. The monoisotopic (exact) mass is 427 g/mol. The lowest BCUT2D eigenvalue weighted by Gasteiger charge is -2.32. The van der Waals surface area contributed by atoms with E-state index in [0.717, 1.165) is 32.1 Å². The molecule has 0 bridgehead atoms. The number of nitrogens with one attached hydrogen (secondary N) is 2. The molecule has 11 heteroatoms. The Bertz CT molecular complexity index is 619. The first-order valence-electron chi connectivity index (χ1n) is 9.86. The predicted molar refractivity (Wildman–Crippen MR) is 103 cm³/mol. The van der Waals surface area contributed by atoms with Crippen molar-refractivity contribution in [2.75, 3.05) is 52.9 Å². The van der Waals surface area contributed by atoms with Crippen LogP contribution in [0.5, 0.6) is 0 Å². The SMILES string of the molecule is CN=C(NCCN1CCCC(C)C1)NCC1CCN(S(=O)(=O)C(F)(F)F)CC1. The van der Waals surface area contributed by atoms with Crippen LogP contribution >= 0.6 is 0 Å². The van der Waals surface area contributed by atoms with E-state index in [0.29, 0.717) is 29.7 Å². The first-order chi connectivity index (χ1) is 13.1. The quantitative estimate of drug-likeness (QED) is 0.496. The molecule has 0 aromatic carbocycles. The summed E-state index contributed by atoms with van der Waals surface area (Å²) in [5.41, 5.74) is -5.23. The van der Waals surface area contributed by atoms with E-state index in [1.54, 1.807) is 7.05 Å². The zero-order valence-corrected chi connectivity index (χ0v) is 17.4. The molecular formula is C17H32F3N5O2S. The van der Waals surface area contributed by atoms with Gasteiger partial charge in [-0.15, -0.1) is 0 Å². The van der Waals surface area contributed by atoms with Gasteiger partial charge in [-0.25, -0.2) is 8.42 Å². The highest BCUT2D eigenvalue weighted by molar-refractivity contribution is 7.90. The maximum atomic E-state index is 12.6. The van der Waals surface area contributed by atoms with Crippen LogP contribution in [0.1, 0.15) is 32.6 Å². The Morgan fingerprint density at radius 3 is 2.39 bits per heavy atom. The average molecular weight is 428 g/mol. The second kappa shape index (κ2) is 10.1. The van der Waals surface area contributed by atoms with Crippen molar-refractivity contribution in [1.29, 1.82) is 0 Å². The molecule has 2 fully saturated rings. The highest BCUT2D eigenvalue weighted by Crippen LogP contribution is 2.30. The van der Waals surface area contributed by atoms with E-state index in [1.807, 2.05) is 0 Å². The number of aliphatic imine (C=N–C) groups is 1. The van der Waals surface area contributed by atoms with Crippen LogP contribution in [0.15, 0.2) is 4.99 Å². The molecule has 28 heavy (non-hydrogen) atoms. The third-order valence-corrected chi connectivity index (χ3v) is 7.08. The number of hydrogen-bond acceptors (Lipinski definition) is 4. The summed E-state index contributed by atoms with van der Waals surface area (Å²) in [6, 6.07) is 0. The van der Waals surface area contributed by atoms with Crippen molar-refractivity contribution < 1.29 is 21.6 Å². The summed E-state index contributed by atoms with van der Waals surface area (Å²) in [5, 5.41) is 6.47. The van der Waals surface area contributed by atoms with Gasteiger partial charge in [0.1, 0.15) is 0 Å². The van der Waals surface area contributed by atoms with Crippen LogP contribution in [0.3, 0.4) is 0 Å². The predicted octanol–water partition coefficient (Wildman–Crippen LogP) is 1.44. The van der Waals surface area contributed by atoms with E-state index in [1.165, 1.54) is 12.8 Å². The lowest BCUT2D eigenvalue weighted by molar-refractivity contribution is -0.0496. The van der Waals surface area contributed by atoms with Crippen LogP contribution in [0.2, 0.25) is 0 Å². The molecular weight excluding hydrogens is 395 g/mol. The zero-order chi connectivity index (χ0) is 20.8. The minimum absolute atomic E-state index is 0.104. The van der Waals surface area contributed by atoms with Gasteiger partial charge in [0.25, 0.3) is 0 Å². The molecule has 0 amide bonds. The lowest BCUT2D eigenvalue weighted by atomic mass is 9.98. The van der Waals surface area contributed by atoms with Crippen LogP contribution in [0, 0.1) is 11.8 Å². The highest BCUT2D eigenvalue weighted by atomic mass is 32.2. The number of nitrogens with zero attached hydrogens (tertiary/aromatic N) is 3. The molecule has 2 saturated heterocycles. The number of halogens is 3. The zero-order valence-electron chi connectivity index (χ0n) is 16.6. The molecule has 2 heterocycles. The molecule has 2 aliphatic rings. The number of guanidine groups is 1. The normalized spacial score (nSPS) is 24.3. The summed E-state index contributed by atoms with van der Waals surface area (Å²) in [5.74, 6) is 1.51. The molecule has 1 atom stereocenters. The van der Waals surface area contributed by atoms with Gasteiger partial charge in [0, 0.05) is 46.3 Å². The number of hydrogen-bond donors (Lipinski definition) is 2. The smallest absolute Gasteiger partial charge is 0.356 e.